The normalized spacial score (nSPS) is 20.4. The first-order valence-corrected chi connectivity index (χ1v) is 6.73. The molecule has 0 radical (unpaired) electrons. The number of carbonyl (C=O) groups is 2. The maximum absolute atomic E-state index is 11.9. The third-order valence-corrected chi connectivity index (χ3v) is 3.53. The fraction of sp³-hybridized carbons (Fsp3) is 0.667. The van der Waals surface area contributed by atoms with E-state index < -0.39 is 5.91 Å². The monoisotopic (exact) mass is 296 g/mol. The van der Waals surface area contributed by atoms with E-state index in [9.17, 15) is 9.59 Å². The molecule has 21 heavy (non-hydrogen) atoms. The van der Waals surface area contributed by atoms with E-state index in [0.717, 1.165) is 19.6 Å². The van der Waals surface area contributed by atoms with Crippen LogP contribution in [-0.4, -0.2) is 71.5 Å². The van der Waals surface area contributed by atoms with E-state index >= 15 is 0 Å². The molecule has 1 aromatic heterocycles. The molecule has 116 valence electrons. The Kier molecular flexibility index (Phi) is 4.86. The largest absolute Gasteiger partial charge is 0.363 e. The lowest BCUT2D eigenvalue weighted by Gasteiger charge is -2.37. The highest BCUT2D eigenvalue weighted by Gasteiger charge is 2.24. The average Bonchev–Trinajstić information content (AvgIpc) is 2.90. The van der Waals surface area contributed by atoms with Crippen LogP contribution in [0.4, 0.5) is 0 Å². The van der Waals surface area contributed by atoms with E-state index in [2.05, 4.69) is 25.3 Å². The minimum Gasteiger partial charge on any atom is -0.363 e. The molecular formula is C12H20N6O3. The SMILES string of the molecule is CN1CCN(C)[C@@H](CC(=O)NCc2nc(C(N)=O)no2)C1. The molecule has 1 aliphatic rings. The lowest BCUT2D eigenvalue weighted by atomic mass is 10.1. The molecule has 1 aromatic rings. The van der Waals surface area contributed by atoms with Crippen molar-refractivity contribution in [3.63, 3.8) is 0 Å². The summed E-state index contributed by atoms with van der Waals surface area (Å²) >= 11 is 0. The van der Waals surface area contributed by atoms with Crippen molar-refractivity contribution in [2.24, 2.45) is 5.73 Å². The summed E-state index contributed by atoms with van der Waals surface area (Å²) in [6, 6.07) is 0.188. The first kappa shape index (κ1) is 15.4. The van der Waals surface area contributed by atoms with Crippen molar-refractivity contribution < 1.29 is 14.1 Å². The van der Waals surface area contributed by atoms with Gasteiger partial charge in [0.05, 0.1) is 6.54 Å². The second-order valence-electron chi connectivity index (χ2n) is 5.25. The highest BCUT2D eigenvalue weighted by molar-refractivity contribution is 5.88. The van der Waals surface area contributed by atoms with Gasteiger partial charge in [0, 0.05) is 32.1 Å². The highest BCUT2D eigenvalue weighted by atomic mass is 16.5. The number of carbonyl (C=O) groups excluding carboxylic acids is 2. The Labute approximate surface area is 122 Å². The fourth-order valence-electron chi connectivity index (χ4n) is 2.21. The van der Waals surface area contributed by atoms with Crippen LogP contribution in [-0.2, 0) is 11.3 Å². The van der Waals surface area contributed by atoms with Crippen LogP contribution in [0.1, 0.15) is 22.9 Å². The number of nitrogens with zero attached hydrogens (tertiary/aromatic N) is 4. The van der Waals surface area contributed by atoms with Crippen molar-refractivity contribution in [1.29, 1.82) is 0 Å². The van der Waals surface area contributed by atoms with Crippen molar-refractivity contribution in [3.8, 4) is 0 Å². The molecule has 2 heterocycles. The van der Waals surface area contributed by atoms with Crippen LogP contribution in [0.15, 0.2) is 4.52 Å². The topological polar surface area (TPSA) is 118 Å². The lowest BCUT2D eigenvalue weighted by molar-refractivity contribution is -0.123. The zero-order valence-corrected chi connectivity index (χ0v) is 12.2. The van der Waals surface area contributed by atoms with Gasteiger partial charge < -0.3 is 25.4 Å². The van der Waals surface area contributed by atoms with Gasteiger partial charge >= 0.3 is 0 Å². The van der Waals surface area contributed by atoms with Gasteiger partial charge in [-0.3, -0.25) is 9.59 Å². The number of hydrogen-bond acceptors (Lipinski definition) is 7. The Morgan fingerprint density at radius 1 is 1.43 bits per heavy atom. The molecule has 0 unspecified atom stereocenters. The number of nitrogens with two attached hydrogens (primary N) is 1. The summed E-state index contributed by atoms with van der Waals surface area (Å²) in [5.74, 6) is -0.886. The minimum absolute atomic E-state index is 0.0887. The predicted molar refractivity (Wildman–Crippen MR) is 73.2 cm³/mol. The summed E-state index contributed by atoms with van der Waals surface area (Å²) in [4.78, 5) is 30.9. The van der Waals surface area contributed by atoms with Crippen LogP contribution >= 0.6 is 0 Å². The van der Waals surface area contributed by atoms with Crippen LogP contribution in [0.3, 0.4) is 0 Å². The molecule has 1 atom stereocenters. The second kappa shape index (κ2) is 6.64. The fourth-order valence-corrected chi connectivity index (χ4v) is 2.21. The number of hydrogen-bond donors (Lipinski definition) is 2. The van der Waals surface area contributed by atoms with Gasteiger partial charge in [0.2, 0.25) is 11.8 Å². The zero-order chi connectivity index (χ0) is 15.4. The van der Waals surface area contributed by atoms with Gasteiger partial charge in [0.1, 0.15) is 0 Å². The summed E-state index contributed by atoms with van der Waals surface area (Å²) in [6.45, 7) is 2.90. The summed E-state index contributed by atoms with van der Waals surface area (Å²) < 4.78 is 4.81. The van der Waals surface area contributed by atoms with Crippen molar-refractivity contribution in [1.82, 2.24) is 25.3 Å². The summed E-state index contributed by atoms with van der Waals surface area (Å²) in [5.41, 5.74) is 5.01. The second-order valence-corrected chi connectivity index (χ2v) is 5.25. The molecule has 0 aromatic carbocycles. The first-order valence-electron chi connectivity index (χ1n) is 6.73. The quantitative estimate of drug-likeness (QED) is 0.673. The molecule has 1 aliphatic heterocycles. The third kappa shape index (κ3) is 4.23. The molecule has 0 saturated carbocycles. The number of nitrogens with one attached hydrogen (secondary N) is 1. The maximum atomic E-state index is 11.9. The number of primary amides is 1. The Hall–Kier alpha value is -2.00. The van der Waals surface area contributed by atoms with Gasteiger partial charge in [-0.15, -0.1) is 0 Å². The standard InChI is InChI=1S/C12H20N6O3/c1-17-3-4-18(2)8(7-17)5-9(19)14-6-10-15-12(11(13)20)16-21-10/h8H,3-7H2,1-2H3,(H2,13,20)(H,14,19)/t8-/m0/s1. The van der Waals surface area contributed by atoms with Crippen molar-refractivity contribution >= 4 is 11.8 Å². The predicted octanol–water partition coefficient (Wildman–Crippen LogP) is -1.58. The number of piperazine rings is 1. The van der Waals surface area contributed by atoms with Gasteiger partial charge in [-0.2, -0.15) is 4.98 Å². The summed E-state index contributed by atoms with van der Waals surface area (Å²) in [5, 5.41) is 6.11. The molecule has 1 saturated heterocycles. The van der Waals surface area contributed by atoms with Gasteiger partial charge in [-0.05, 0) is 14.1 Å². The molecular weight excluding hydrogens is 276 g/mol. The van der Waals surface area contributed by atoms with Crippen LogP contribution in [0.25, 0.3) is 0 Å². The van der Waals surface area contributed by atoms with Crippen LogP contribution < -0.4 is 11.1 Å². The van der Waals surface area contributed by atoms with E-state index in [1.807, 2.05) is 14.1 Å². The Morgan fingerprint density at radius 2 is 2.19 bits per heavy atom. The van der Waals surface area contributed by atoms with Crippen LogP contribution in [0.5, 0.6) is 0 Å². The van der Waals surface area contributed by atoms with E-state index in [-0.39, 0.29) is 30.2 Å². The summed E-state index contributed by atoms with van der Waals surface area (Å²) in [6.07, 6.45) is 0.400. The Balaban J connectivity index is 1.80. The van der Waals surface area contributed by atoms with Crippen LogP contribution in [0, 0.1) is 0 Å². The lowest BCUT2D eigenvalue weighted by Crippen LogP contribution is -2.51. The number of aromatic nitrogens is 2. The van der Waals surface area contributed by atoms with Gasteiger partial charge in [-0.25, -0.2) is 0 Å². The van der Waals surface area contributed by atoms with E-state index in [0.29, 0.717) is 6.42 Å². The third-order valence-electron chi connectivity index (χ3n) is 3.53. The van der Waals surface area contributed by atoms with Crippen molar-refractivity contribution in [2.45, 2.75) is 19.0 Å². The number of likely N-dealkylation sites (N-methyl/N-ethyl adjacent to an activating group) is 2. The minimum atomic E-state index is -0.761. The highest BCUT2D eigenvalue weighted by Crippen LogP contribution is 2.09. The molecule has 3 N–H and O–H groups in total. The molecule has 9 nitrogen and oxygen atoms in total. The van der Waals surface area contributed by atoms with E-state index in [1.54, 1.807) is 0 Å². The molecule has 1 fully saturated rings. The van der Waals surface area contributed by atoms with Crippen molar-refractivity contribution in [3.05, 3.63) is 11.7 Å². The van der Waals surface area contributed by atoms with Gasteiger partial charge in [-0.1, -0.05) is 5.16 Å². The van der Waals surface area contributed by atoms with Gasteiger partial charge in [0.15, 0.2) is 0 Å². The number of rotatable bonds is 5. The zero-order valence-electron chi connectivity index (χ0n) is 12.2. The smallest absolute Gasteiger partial charge is 0.290 e. The molecule has 2 amide bonds. The molecule has 9 heteroatoms. The molecule has 2 rings (SSSR count). The Morgan fingerprint density at radius 3 is 2.86 bits per heavy atom. The molecule has 0 aliphatic carbocycles. The van der Waals surface area contributed by atoms with E-state index in [4.69, 9.17) is 10.3 Å². The Bertz CT molecular complexity index is 517. The van der Waals surface area contributed by atoms with Crippen LogP contribution in [0.2, 0.25) is 0 Å². The maximum Gasteiger partial charge on any atom is 0.290 e. The molecule has 0 spiro atoms. The van der Waals surface area contributed by atoms with Crippen molar-refractivity contribution in [2.75, 3.05) is 33.7 Å². The van der Waals surface area contributed by atoms with Gasteiger partial charge in [0.25, 0.3) is 11.7 Å². The summed E-state index contributed by atoms with van der Waals surface area (Å²) in [7, 11) is 4.06. The first-order chi connectivity index (χ1) is 9.95. The number of amides is 2. The average molecular weight is 296 g/mol. The molecule has 0 bridgehead atoms. The van der Waals surface area contributed by atoms with E-state index in [1.165, 1.54) is 0 Å².